The van der Waals surface area contributed by atoms with E-state index in [4.69, 9.17) is 14.2 Å². The molecular formula is C15H24N2O4. The summed E-state index contributed by atoms with van der Waals surface area (Å²) in [5.74, 6) is 1.54. The van der Waals surface area contributed by atoms with Crippen molar-refractivity contribution < 1.29 is 19.0 Å². The first kappa shape index (κ1) is 13.9. The molecule has 6 heteroatoms. The molecule has 5 atom stereocenters. The maximum absolute atomic E-state index is 12.7. The number of hydrogen-bond acceptors (Lipinski definition) is 5. The minimum atomic E-state index is 0.175. The van der Waals surface area contributed by atoms with Crippen molar-refractivity contribution in [3.63, 3.8) is 0 Å². The maximum atomic E-state index is 12.7. The number of hydrogen-bond donors (Lipinski definition) is 0. The Bertz CT molecular complexity index is 408. The minimum absolute atomic E-state index is 0.175. The molecule has 1 unspecified atom stereocenters. The van der Waals surface area contributed by atoms with E-state index in [-0.39, 0.29) is 12.0 Å². The summed E-state index contributed by atoms with van der Waals surface area (Å²) in [7, 11) is 1.73. The summed E-state index contributed by atoms with van der Waals surface area (Å²) in [5.41, 5.74) is 0. The summed E-state index contributed by atoms with van der Waals surface area (Å²) >= 11 is 0. The molecule has 118 valence electrons. The van der Waals surface area contributed by atoms with Gasteiger partial charge in [0, 0.05) is 39.2 Å². The molecule has 1 aliphatic carbocycles. The van der Waals surface area contributed by atoms with Gasteiger partial charge in [-0.2, -0.15) is 0 Å². The molecule has 3 heterocycles. The van der Waals surface area contributed by atoms with E-state index >= 15 is 0 Å². The lowest BCUT2D eigenvalue weighted by atomic mass is 10.1. The Labute approximate surface area is 125 Å². The Kier molecular flexibility index (Phi) is 3.65. The van der Waals surface area contributed by atoms with Gasteiger partial charge in [0.25, 0.3) is 0 Å². The quantitative estimate of drug-likeness (QED) is 0.696. The van der Waals surface area contributed by atoms with Gasteiger partial charge >= 0.3 is 0 Å². The van der Waals surface area contributed by atoms with E-state index in [9.17, 15) is 4.79 Å². The third-order valence-corrected chi connectivity index (χ3v) is 5.55. The molecule has 3 saturated heterocycles. The summed E-state index contributed by atoms with van der Waals surface area (Å²) in [4.78, 5) is 17.1. The number of fused-ring (bicyclic) bond motifs is 2. The van der Waals surface area contributed by atoms with Crippen LogP contribution in [0.2, 0.25) is 0 Å². The van der Waals surface area contributed by atoms with Gasteiger partial charge in [-0.05, 0) is 11.8 Å². The van der Waals surface area contributed by atoms with Crippen LogP contribution in [0.15, 0.2) is 0 Å². The highest BCUT2D eigenvalue weighted by atomic mass is 16.5. The van der Waals surface area contributed by atoms with Crippen LogP contribution in [0.3, 0.4) is 0 Å². The Morgan fingerprint density at radius 2 is 2.10 bits per heavy atom. The molecule has 4 aliphatic rings. The summed E-state index contributed by atoms with van der Waals surface area (Å²) < 4.78 is 16.5. The highest BCUT2D eigenvalue weighted by molar-refractivity contribution is 5.83. The lowest BCUT2D eigenvalue weighted by molar-refractivity contribution is -0.133. The molecule has 0 aromatic heterocycles. The molecule has 1 amide bonds. The van der Waals surface area contributed by atoms with Crippen molar-refractivity contribution in [2.24, 2.45) is 17.8 Å². The first-order valence-electron chi connectivity index (χ1n) is 8.00. The number of rotatable bonds is 4. The number of ether oxygens (including phenoxy) is 3. The first-order valence-corrected chi connectivity index (χ1v) is 8.00. The molecule has 0 aromatic rings. The highest BCUT2D eigenvalue weighted by Gasteiger charge is 2.60. The van der Waals surface area contributed by atoms with E-state index in [0.717, 1.165) is 52.6 Å². The highest BCUT2D eigenvalue weighted by Crippen LogP contribution is 2.51. The fraction of sp³-hybridized carbons (Fsp3) is 0.933. The van der Waals surface area contributed by atoms with Crippen molar-refractivity contribution in [3.05, 3.63) is 0 Å². The Hall–Kier alpha value is -0.690. The van der Waals surface area contributed by atoms with Crippen molar-refractivity contribution in [2.75, 3.05) is 59.7 Å². The van der Waals surface area contributed by atoms with Gasteiger partial charge in [0.1, 0.15) is 0 Å². The fourth-order valence-corrected chi connectivity index (χ4v) is 4.24. The molecule has 0 N–H and O–H groups in total. The second-order valence-corrected chi connectivity index (χ2v) is 6.64. The van der Waals surface area contributed by atoms with Crippen LogP contribution in [-0.4, -0.2) is 87.6 Å². The van der Waals surface area contributed by atoms with E-state index in [2.05, 4.69) is 4.90 Å². The Morgan fingerprint density at radius 1 is 1.29 bits per heavy atom. The van der Waals surface area contributed by atoms with Gasteiger partial charge in [-0.1, -0.05) is 0 Å². The molecule has 1 saturated carbocycles. The third kappa shape index (κ3) is 2.38. The van der Waals surface area contributed by atoms with Crippen molar-refractivity contribution in [1.29, 1.82) is 0 Å². The average molecular weight is 296 g/mol. The zero-order chi connectivity index (χ0) is 14.4. The number of likely N-dealkylation sites (tertiary alicyclic amines) is 1. The summed E-state index contributed by atoms with van der Waals surface area (Å²) in [6.07, 6.45) is 0.175. The second kappa shape index (κ2) is 5.50. The summed E-state index contributed by atoms with van der Waals surface area (Å²) in [6, 6.07) is 0.340. The molecule has 0 radical (unpaired) electrons. The van der Waals surface area contributed by atoms with Crippen LogP contribution in [-0.2, 0) is 19.0 Å². The molecule has 6 nitrogen and oxygen atoms in total. The first-order chi connectivity index (χ1) is 10.3. The normalized spacial score (nSPS) is 42.0. The van der Waals surface area contributed by atoms with Gasteiger partial charge in [0.05, 0.1) is 38.6 Å². The Morgan fingerprint density at radius 3 is 2.86 bits per heavy atom. The predicted octanol–water partition coefficient (Wildman–Crippen LogP) is -0.563. The predicted molar refractivity (Wildman–Crippen MR) is 74.8 cm³/mol. The van der Waals surface area contributed by atoms with Crippen LogP contribution >= 0.6 is 0 Å². The van der Waals surface area contributed by atoms with Crippen LogP contribution in [0, 0.1) is 17.8 Å². The smallest absolute Gasteiger partial charge is 0.226 e. The van der Waals surface area contributed by atoms with Gasteiger partial charge in [0.15, 0.2) is 0 Å². The molecule has 4 rings (SSSR count). The van der Waals surface area contributed by atoms with E-state index in [0.29, 0.717) is 23.8 Å². The topological polar surface area (TPSA) is 51.2 Å². The number of carbonyl (C=O) groups excluding carboxylic acids is 1. The standard InChI is InChI=1S/C15H24N2O4/c1-19-4-2-16-3-5-21-13-7-17(6-12(13)16)15(18)14-10-8-20-9-11(10)14/h10-14H,2-9H2,1H3/t10-,11+,12-,13+,14?/m1/s1. The zero-order valence-electron chi connectivity index (χ0n) is 12.6. The van der Waals surface area contributed by atoms with E-state index in [1.807, 2.05) is 4.90 Å². The zero-order valence-corrected chi connectivity index (χ0v) is 12.6. The van der Waals surface area contributed by atoms with Crippen LogP contribution in [0.1, 0.15) is 0 Å². The van der Waals surface area contributed by atoms with Gasteiger partial charge in [-0.15, -0.1) is 0 Å². The molecule has 0 bridgehead atoms. The SMILES string of the molecule is COCCN1CCO[C@H]2CN(C(=O)C3[C@H]4COC[C@@H]34)C[C@H]21. The maximum Gasteiger partial charge on any atom is 0.226 e. The number of methoxy groups -OCH3 is 1. The molecule has 21 heavy (non-hydrogen) atoms. The van der Waals surface area contributed by atoms with Crippen molar-refractivity contribution in [1.82, 2.24) is 9.80 Å². The van der Waals surface area contributed by atoms with Crippen LogP contribution in [0.25, 0.3) is 0 Å². The van der Waals surface area contributed by atoms with Gasteiger partial charge in [-0.25, -0.2) is 0 Å². The van der Waals surface area contributed by atoms with Crippen LogP contribution in [0.5, 0.6) is 0 Å². The Balaban J connectivity index is 1.37. The van der Waals surface area contributed by atoms with Crippen LogP contribution < -0.4 is 0 Å². The van der Waals surface area contributed by atoms with Gasteiger partial charge in [0.2, 0.25) is 5.91 Å². The van der Waals surface area contributed by atoms with Gasteiger partial charge < -0.3 is 19.1 Å². The number of nitrogens with zero attached hydrogens (tertiary/aromatic N) is 2. The molecular weight excluding hydrogens is 272 g/mol. The number of morpholine rings is 1. The minimum Gasteiger partial charge on any atom is -0.383 e. The molecule has 0 spiro atoms. The van der Waals surface area contributed by atoms with E-state index in [1.54, 1.807) is 7.11 Å². The monoisotopic (exact) mass is 296 g/mol. The van der Waals surface area contributed by atoms with Crippen molar-refractivity contribution >= 4 is 5.91 Å². The molecule has 4 fully saturated rings. The van der Waals surface area contributed by atoms with Crippen molar-refractivity contribution in [2.45, 2.75) is 12.1 Å². The summed E-state index contributed by atoms with van der Waals surface area (Å²) in [6.45, 7) is 6.47. The average Bonchev–Trinajstić information content (AvgIpc) is 2.89. The fourth-order valence-electron chi connectivity index (χ4n) is 4.24. The second-order valence-electron chi connectivity index (χ2n) is 6.64. The van der Waals surface area contributed by atoms with Crippen LogP contribution in [0.4, 0.5) is 0 Å². The molecule has 0 aromatic carbocycles. The van der Waals surface area contributed by atoms with E-state index < -0.39 is 0 Å². The number of amides is 1. The summed E-state index contributed by atoms with van der Waals surface area (Å²) in [5, 5.41) is 0. The van der Waals surface area contributed by atoms with Gasteiger partial charge in [-0.3, -0.25) is 9.69 Å². The van der Waals surface area contributed by atoms with E-state index in [1.165, 1.54) is 0 Å². The third-order valence-electron chi connectivity index (χ3n) is 5.55. The lowest BCUT2D eigenvalue weighted by Crippen LogP contribution is -2.51. The largest absolute Gasteiger partial charge is 0.383 e. The molecule has 3 aliphatic heterocycles. The number of carbonyl (C=O) groups is 1. The lowest BCUT2D eigenvalue weighted by Gasteiger charge is -2.36. The van der Waals surface area contributed by atoms with Crippen molar-refractivity contribution in [3.8, 4) is 0 Å².